The molecule has 1 aromatic carbocycles. The number of hydrogen-bond acceptors (Lipinski definition) is 6. The van der Waals surface area contributed by atoms with Gasteiger partial charge < -0.3 is 4.42 Å². The first-order valence-corrected chi connectivity index (χ1v) is 11.2. The van der Waals surface area contributed by atoms with Crippen molar-refractivity contribution in [2.75, 3.05) is 31.9 Å². The summed E-state index contributed by atoms with van der Waals surface area (Å²) in [5.41, 5.74) is 0.760. The van der Waals surface area contributed by atoms with Crippen LogP contribution in [0, 0.1) is 0 Å². The third-order valence-electron chi connectivity index (χ3n) is 5.15. The van der Waals surface area contributed by atoms with Gasteiger partial charge in [-0.1, -0.05) is 25.5 Å². The van der Waals surface area contributed by atoms with Gasteiger partial charge in [0.15, 0.2) is 0 Å². The molecule has 4 rings (SSSR count). The molecule has 28 heavy (non-hydrogen) atoms. The number of nitrogens with zero attached hydrogens (tertiary/aromatic N) is 4. The van der Waals surface area contributed by atoms with E-state index in [2.05, 4.69) is 10.00 Å². The van der Waals surface area contributed by atoms with E-state index in [9.17, 15) is 13.2 Å². The molecule has 1 saturated heterocycles. The second kappa shape index (κ2) is 7.65. The van der Waals surface area contributed by atoms with Crippen LogP contribution in [-0.2, 0) is 16.7 Å². The molecule has 0 atom stereocenters. The zero-order chi connectivity index (χ0) is 19.7. The van der Waals surface area contributed by atoms with Gasteiger partial charge in [-0.3, -0.25) is 9.58 Å². The Balaban J connectivity index is 1.49. The summed E-state index contributed by atoms with van der Waals surface area (Å²) in [7, 11) is -3.16. The predicted molar refractivity (Wildman–Crippen MR) is 108 cm³/mol. The van der Waals surface area contributed by atoms with Gasteiger partial charge in [-0.2, -0.15) is 9.40 Å². The number of hydrogen-bond donors (Lipinski definition) is 0. The Kier molecular flexibility index (Phi) is 5.22. The smallest absolute Gasteiger partial charge is 0.347 e. The van der Waals surface area contributed by atoms with Gasteiger partial charge in [0.2, 0.25) is 10.0 Å². The molecule has 0 N–H and O–H groups in total. The first-order chi connectivity index (χ1) is 13.5. The minimum absolute atomic E-state index is 0.219. The third kappa shape index (κ3) is 3.69. The van der Waals surface area contributed by atoms with Gasteiger partial charge in [-0.25, -0.2) is 13.2 Å². The van der Waals surface area contributed by atoms with Crippen LogP contribution in [0.4, 0.5) is 0 Å². The number of piperazine rings is 1. The summed E-state index contributed by atoms with van der Waals surface area (Å²) in [5.74, 6) is 0.219. The maximum absolute atomic E-state index is 12.3. The van der Waals surface area contributed by atoms with E-state index in [1.54, 1.807) is 21.3 Å². The minimum atomic E-state index is -3.16. The molecule has 0 saturated carbocycles. The van der Waals surface area contributed by atoms with Crippen LogP contribution in [0.5, 0.6) is 0 Å². The molecule has 0 bridgehead atoms. The molecule has 1 aliphatic rings. The van der Waals surface area contributed by atoms with Gasteiger partial charge in [-0.05, 0) is 18.6 Å². The van der Waals surface area contributed by atoms with Crippen LogP contribution >= 0.6 is 0 Å². The molecule has 0 unspecified atom stereocenters. The van der Waals surface area contributed by atoms with Crippen LogP contribution < -0.4 is 5.63 Å². The molecule has 3 aromatic rings. The lowest BCUT2D eigenvalue weighted by atomic mass is 10.2. The fourth-order valence-electron chi connectivity index (χ4n) is 3.56. The summed E-state index contributed by atoms with van der Waals surface area (Å²) >= 11 is 0. The molecule has 2 aromatic heterocycles. The lowest BCUT2D eigenvalue weighted by Crippen LogP contribution is -2.49. The highest BCUT2D eigenvalue weighted by atomic mass is 32.2. The Labute approximate surface area is 163 Å². The van der Waals surface area contributed by atoms with E-state index in [4.69, 9.17) is 4.42 Å². The van der Waals surface area contributed by atoms with Crippen molar-refractivity contribution in [3.8, 4) is 0 Å². The summed E-state index contributed by atoms with van der Waals surface area (Å²) in [6.45, 7) is 4.74. The Morgan fingerprint density at radius 3 is 2.61 bits per heavy atom. The number of rotatable bonds is 6. The lowest BCUT2D eigenvalue weighted by Gasteiger charge is -2.33. The summed E-state index contributed by atoms with van der Waals surface area (Å²) in [5, 5.41) is 5.85. The number of fused-ring (bicyclic) bond motifs is 3. The third-order valence-corrected chi connectivity index (χ3v) is 7.11. The second-order valence-corrected chi connectivity index (χ2v) is 9.23. The Hall–Kier alpha value is -2.23. The van der Waals surface area contributed by atoms with E-state index in [0.29, 0.717) is 55.8 Å². The molecule has 0 aliphatic carbocycles. The zero-order valence-electron chi connectivity index (χ0n) is 15.9. The summed E-state index contributed by atoms with van der Waals surface area (Å²) < 4.78 is 33.3. The Morgan fingerprint density at radius 1 is 1.11 bits per heavy atom. The largest absolute Gasteiger partial charge is 0.422 e. The van der Waals surface area contributed by atoms with Crippen LogP contribution in [0.25, 0.3) is 21.9 Å². The summed E-state index contributed by atoms with van der Waals surface area (Å²) in [6.07, 6.45) is 3.27. The van der Waals surface area contributed by atoms with Crippen molar-refractivity contribution in [2.24, 2.45) is 0 Å². The number of aromatic nitrogens is 2. The van der Waals surface area contributed by atoms with Crippen LogP contribution in [0.3, 0.4) is 0 Å². The van der Waals surface area contributed by atoms with Crippen LogP contribution in [-0.4, -0.2) is 59.3 Å². The minimum Gasteiger partial charge on any atom is -0.422 e. The summed E-state index contributed by atoms with van der Waals surface area (Å²) in [4.78, 5) is 14.4. The highest BCUT2D eigenvalue weighted by Gasteiger charge is 2.26. The first-order valence-electron chi connectivity index (χ1n) is 9.57. The quantitative estimate of drug-likeness (QED) is 0.583. The molecule has 8 nitrogen and oxygen atoms in total. The SMILES string of the molecule is CCCCS(=O)(=O)N1CCN(Cn2cc3c(=O)oc4ccccc4c3n2)CC1. The van der Waals surface area contributed by atoms with Crippen molar-refractivity contribution in [2.45, 2.75) is 26.4 Å². The molecular weight excluding hydrogens is 380 g/mol. The van der Waals surface area contributed by atoms with Gasteiger partial charge in [-0.15, -0.1) is 0 Å². The number of unbranched alkanes of at least 4 members (excludes halogenated alkanes) is 1. The molecule has 0 radical (unpaired) electrons. The fourth-order valence-corrected chi connectivity index (χ4v) is 5.19. The van der Waals surface area contributed by atoms with Crippen molar-refractivity contribution in [1.82, 2.24) is 19.0 Å². The van der Waals surface area contributed by atoms with Crippen LogP contribution in [0.1, 0.15) is 19.8 Å². The highest BCUT2D eigenvalue weighted by molar-refractivity contribution is 7.89. The zero-order valence-corrected chi connectivity index (χ0v) is 16.7. The lowest BCUT2D eigenvalue weighted by molar-refractivity contribution is 0.146. The van der Waals surface area contributed by atoms with E-state index >= 15 is 0 Å². The van der Waals surface area contributed by atoms with Gasteiger partial charge in [0.25, 0.3) is 0 Å². The molecule has 0 amide bonds. The van der Waals surface area contributed by atoms with E-state index in [1.807, 2.05) is 25.1 Å². The molecule has 1 fully saturated rings. The summed E-state index contributed by atoms with van der Waals surface area (Å²) in [6, 6.07) is 7.35. The fraction of sp³-hybridized carbons (Fsp3) is 0.474. The van der Waals surface area contributed by atoms with E-state index < -0.39 is 15.6 Å². The molecule has 3 heterocycles. The topological polar surface area (TPSA) is 88.7 Å². The first kappa shape index (κ1) is 19.1. The van der Waals surface area contributed by atoms with Crippen molar-refractivity contribution in [3.63, 3.8) is 0 Å². The van der Waals surface area contributed by atoms with E-state index in [0.717, 1.165) is 11.8 Å². The average molecular weight is 404 g/mol. The Bertz CT molecular complexity index is 1140. The van der Waals surface area contributed by atoms with Gasteiger partial charge in [0.1, 0.15) is 16.5 Å². The van der Waals surface area contributed by atoms with Crippen molar-refractivity contribution in [1.29, 1.82) is 0 Å². The van der Waals surface area contributed by atoms with E-state index in [-0.39, 0.29) is 5.75 Å². The van der Waals surface area contributed by atoms with Crippen LogP contribution in [0.2, 0.25) is 0 Å². The number of benzene rings is 1. The molecule has 1 aliphatic heterocycles. The predicted octanol–water partition coefficient (Wildman–Crippen LogP) is 1.85. The standard InChI is InChI=1S/C19H24N4O4S/c1-2-3-12-28(25,26)23-10-8-21(9-11-23)14-22-13-16-18(20-22)15-6-4-5-7-17(15)27-19(16)24/h4-7,13H,2-3,8-12,14H2,1H3. The molecule has 0 spiro atoms. The van der Waals surface area contributed by atoms with Crippen molar-refractivity contribution >= 4 is 31.9 Å². The highest BCUT2D eigenvalue weighted by Crippen LogP contribution is 2.21. The van der Waals surface area contributed by atoms with Gasteiger partial charge >= 0.3 is 5.63 Å². The molecular formula is C19H24N4O4S. The molecule has 9 heteroatoms. The number of para-hydroxylation sites is 1. The molecule has 150 valence electrons. The van der Waals surface area contributed by atoms with E-state index in [1.165, 1.54) is 0 Å². The second-order valence-electron chi connectivity index (χ2n) is 7.14. The maximum atomic E-state index is 12.3. The van der Waals surface area contributed by atoms with Gasteiger partial charge in [0.05, 0.1) is 12.4 Å². The van der Waals surface area contributed by atoms with Crippen LogP contribution in [0.15, 0.2) is 39.7 Å². The van der Waals surface area contributed by atoms with Crippen molar-refractivity contribution in [3.05, 3.63) is 40.9 Å². The number of sulfonamides is 1. The van der Waals surface area contributed by atoms with Crippen molar-refractivity contribution < 1.29 is 12.8 Å². The average Bonchev–Trinajstić information content (AvgIpc) is 3.12. The normalized spacial score (nSPS) is 16.9. The maximum Gasteiger partial charge on any atom is 0.347 e. The Morgan fingerprint density at radius 2 is 1.86 bits per heavy atom. The van der Waals surface area contributed by atoms with Gasteiger partial charge in [0, 0.05) is 37.8 Å². The monoisotopic (exact) mass is 404 g/mol.